The van der Waals surface area contributed by atoms with Crippen LogP contribution in [0.4, 0.5) is 0 Å². The maximum absolute atomic E-state index is 12.6. The van der Waals surface area contributed by atoms with Gasteiger partial charge in [-0.3, -0.25) is 14.8 Å². The van der Waals surface area contributed by atoms with E-state index in [1.165, 1.54) is 6.33 Å². The van der Waals surface area contributed by atoms with Crippen LogP contribution in [-0.2, 0) is 22.9 Å². The molecule has 0 atom stereocenters. The molecule has 2 N–H and O–H groups in total. The number of hydrogen-bond donors (Lipinski definition) is 2. The number of benzene rings is 2. The van der Waals surface area contributed by atoms with E-state index < -0.39 is 9.84 Å². The van der Waals surface area contributed by atoms with Crippen molar-refractivity contribution in [2.45, 2.75) is 13.1 Å². The summed E-state index contributed by atoms with van der Waals surface area (Å²) in [6, 6.07) is 15.2. The molecule has 0 spiro atoms. The van der Waals surface area contributed by atoms with E-state index >= 15 is 0 Å². The van der Waals surface area contributed by atoms with Gasteiger partial charge in [0, 0.05) is 37.3 Å². The van der Waals surface area contributed by atoms with Crippen molar-refractivity contribution in [1.82, 2.24) is 25.4 Å². The quantitative estimate of drug-likeness (QED) is 0.622. The molecule has 0 unspecified atom stereocenters. The van der Waals surface area contributed by atoms with Crippen molar-refractivity contribution in [2.24, 2.45) is 0 Å². The highest BCUT2D eigenvalue weighted by atomic mass is 32.2. The zero-order valence-electron chi connectivity index (χ0n) is 16.4. The molecule has 0 bridgehead atoms. The summed E-state index contributed by atoms with van der Waals surface area (Å²) in [6.07, 6.45) is 1.46. The van der Waals surface area contributed by atoms with Gasteiger partial charge in [-0.1, -0.05) is 30.3 Å². The number of amides is 1. The van der Waals surface area contributed by atoms with Crippen molar-refractivity contribution in [3.63, 3.8) is 0 Å². The molecule has 0 saturated carbocycles. The standard InChI is InChI=1S/C21H23N5O3S/c27-21(22-13-16-3-1-5-18(11-16)20-23-15-24-25-20)19-6-2-4-17(12-19)14-26-7-9-30(28,29)10-8-26/h1-6,11-12,15H,7-10,13-14H2,(H,22,27)(H,23,24,25). The topological polar surface area (TPSA) is 108 Å². The van der Waals surface area contributed by atoms with Crippen LogP contribution in [-0.4, -0.2) is 59.0 Å². The highest BCUT2D eigenvalue weighted by Gasteiger charge is 2.21. The Kier molecular flexibility index (Phi) is 5.91. The summed E-state index contributed by atoms with van der Waals surface area (Å²) in [5.74, 6) is 0.921. The van der Waals surface area contributed by atoms with Crippen molar-refractivity contribution < 1.29 is 13.2 Å². The van der Waals surface area contributed by atoms with E-state index in [9.17, 15) is 13.2 Å². The molecule has 9 heteroatoms. The highest BCUT2D eigenvalue weighted by Crippen LogP contribution is 2.16. The molecule has 156 valence electrons. The van der Waals surface area contributed by atoms with E-state index in [0.717, 1.165) is 16.7 Å². The molecule has 30 heavy (non-hydrogen) atoms. The summed E-state index contributed by atoms with van der Waals surface area (Å²) < 4.78 is 23.2. The van der Waals surface area contributed by atoms with Crippen LogP contribution in [0.3, 0.4) is 0 Å². The van der Waals surface area contributed by atoms with Crippen molar-refractivity contribution in [3.8, 4) is 11.4 Å². The zero-order valence-corrected chi connectivity index (χ0v) is 17.2. The summed E-state index contributed by atoms with van der Waals surface area (Å²) >= 11 is 0. The van der Waals surface area contributed by atoms with E-state index in [4.69, 9.17) is 0 Å². The molecule has 8 nitrogen and oxygen atoms in total. The Morgan fingerprint density at radius 2 is 1.83 bits per heavy atom. The van der Waals surface area contributed by atoms with E-state index in [1.54, 1.807) is 6.07 Å². The molecule has 1 aliphatic rings. The molecular formula is C21H23N5O3S. The number of nitrogens with zero attached hydrogens (tertiary/aromatic N) is 3. The predicted octanol–water partition coefficient (Wildman–Crippen LogP) is 1.63. The van der Waals surface area contributed by atoms with E-state index in [1.807, 2.05) is 42.5 Å². The van der Waals surface area contributed by atoms with Gasteiger partial charge in [0.15, 0.2) is 15.7 Å². The second-order valence-electron chi connectivity index (χ2n) is 7.35. The zero-order chi connectivity index (χ0) is 21.0. The summed E-state index contributed by atoms with van der Waals surface area (Å²) in [5.41, 5.74) is 3.45. The Balaban J connectivity index is 1.36. The number of hydrogen-bond acceptors (Lipinski definition) is 6. The van der Waals surface area contributed by atoms with Crippen LogP contribution in [0.25, 0.3) is 11.4 Å². The van der Waals surface area contributed by atoms with Gasteiger partial charge in [0.05, 0.1) is 11.5 Å². The molecule has 1 amide bonds. The molecule has 1 fully saturated rings. The lowest BCUT2D eigenvalue weighted by atomic mass is 10.1. The molecule has 2 aromatic carbocycles. The molecule has 4 rings (SSSR count). The Morgan fingerprint density at radius 3 is 2.60 bits per heavy atom. The minimum Gasteiger partial charge on any atom is -0.348 e. The first-order valence-electron chi connectivity index (χ1n) is 9.73. The van der Waals surface area contributed by atoms with Crippen molar-refractivity contribution in [1.29, 1.82) is 0 Å². The van der Waals surface area contributed by atoms with Gasteiger partial charge in [0.25, 0.3) is 5.91 Å². The predicted molar refractivity (Wildman–Crippen MR) is 113 cm³/mol. The summed E-state index contributed by atoms with van der Waals surface area (Å²) in [5, 5.41) is 9.64. The first kappa shape index (κ1) is 20.2. The smallest absolute Gasteiger partial charge is 0.251 e. The monoisotopic (exact) mass is 425 g/mol. The van der Waals surface area contributed by atoms with Crippen LogP contribution in [0.1, 0.15) is 21.5 Å². The fraction of sp³-hybridized carbons (Fsp3) is 0.286. The number of H-pyrrole nitrogens is 1. The van der Waals surface area contributed by atoms with Crippen LogP contribution in [0, 0.1) is 0 Å². The number of nitrogens with one attached hydrogen (secondary N) is 2. The second-order valence-corrected chi connectivity index (χ2v) is 9.65. The van der Waals surface area contributed by atoms with E-state index in [0.29, 0.717) is 37.6 Å². The molecule has 3 aromatic rings. The van der Waals surface area contributed by atoms with Gasteiger partial charge in [-0.25, -0.2) is 13.4 Å². The third-order valence-electron chi connectivity index (χ3n) is 5.10. The average molecular weight is 426 g/mol. The van der Waals surface area contributed by atoms with Crippen molar-refractivity contribution in [2.75, 3.05) is 24.6 Å². The lowest BCUT2D eigenvalue weighted by Crippen LogP contribution is -2.39. The van der Waals surface area contributed by atoms with Gasteiger partial charge in [0.1, 0.15) is 6.33 Å². The van der Waals surface area contributed by atoms with Gasteiger partial charge < -0.3 is 5.32 Å². The van der Waals surface area contributed by atoms with Crippen molar-refractivity contribution >= 4 is 15.7 Å². The van der Waals surface area contributed by atoms with E-state index in [-0.39, 0.29) is 17.4 Å². The van der Waals surface area contributed by atoms with Gasteiger partial charge in [-0.15, -0.1) is 0 Å². The largest absolute Gasteiger partial charge is 0.348 e. The van der Waals surface area contributed by atoms with Crippen LogP contribution < -0.4 is 5.32 Å². The number of aromatic nitrogens is 3. The Bertz CT molecular complexity index is 1120. The lowest BCUT2D eigenvalue weighted by Gasteiger charge is -2.26. The summed E-state index contributed by atoms with van der Waals surface area (Å²) in [7, 11) is -2.90. The fourth-order valence-corrected chi connectivity index (χ4v) is 4.71. The molecule has 1 aromatic heterocycles. The van der Waals surface area contributed by atoms with Crippen LogP contribution >= 0.6 is 0 Å². The van der Waals surface area contributed by atoms with Crippen molar-refractivity contribution in [3.05, 3.63) is 71.5 Å². The molecule has 0 radical (unpaired) electrons. The first-order chi connectivity index (χ1) is 14.5. The maximum atomic E-state index is 12.6. The number of carbonyl (C=O) groups excluding carboxylic acids is 1. The number of carbonyl (C=O) groups is 1. The van der Waals surface area contributed by atoms with Crippen LogP contribution in [0.15, 0.2) is 54.9 Å². The number of aromatic amines is 1. The maximum Gasteiger partial charge on any atom is 0.251 e. The molecule has 0 aliphatic carbocycles. The molecule has 1 aliphatic heterocycles. The number of rotatable bonds is 6. The Labute approximate surface area is 175 Å². The minimum absolute atomic E-state index is 0.150. The SMILES string of the molecule is O=C(NCc1cccc(-c2ncn[nH]2)c1)c1cccc(CN2CCS(=O)(=O)CC2)c1. The normalized spacial score (nSPS) is 16.3. The van der Waals surface area contributed by atoms with Crippen LogP contribution in [0.5, 0.6) is 0 Å². The molecule has 2 heterocycles. The first-order valence-corrected chi connectivity index (χ1v) is 11.6. The van der Waals surface area contributed by atoms with Gasteiger partial charge >= 0.3 is 0 Å². The lowest BCUT2D eigenvalue weighted by molar-refractivity contribution is 0.0950. The van der Waals surface area contributed by atoms with E-state index in [2.05, 4.69) is 25.4 Å². The highest BCUT2D eigenvalue weighted by molar-refractivity contribution is 7.91. The second kappa shape index (κ2) is 8.76. The summed E-state index contributed by atoms with van der Waals surface area (Å²) in [6.45, 7) is 2.09. The van der Waals surface area contributed by atoms with Gasteiger partial charge in [-0.2, -0.15) is 5.10 Å². The van der Waals surface area contributed by atoms with Gasteiger partial charge in [0.2, 0.25) is 0 Å². The third kappa shape index (κ3) is 5.11. The van der Waals surface area contributed by atoms with Crippen LogP contribution in [0.2, 0.25) is 0 Å². The van der Waals surface area contributed by atoms with Gasteiger partial charge in [-0.05, 0) is 29.3 Å². The third-order valence-corrected chi connectivity index (χ3v) is 6.71. The number of sulfone groups is 1. The molecular weight excluding hydrogens is 402 g/mol. The average Bonchev–Trinajstić information content (AvgIpc) is 3.29. The minimum atomic E-state index is -2.90. The molecule has 1 saturated heterocycles. The fourth-order valence-electron chi connectivity index (χ4n) is 3.44. The Hall–Kier alpha value is -3.04. The summed E-state index contributed by atoms with van der Waals surface area (Å²) in [4.78, 5) is 18.9. The Morgan fingerprint density at radius 1 is 1.07 bits per heavy atom.